The van der Waals surface area contributed by atoms with Crippen molar-refractivity contribution in [3.63, 3.8) is 0 Å². The lowest BCUT2D eigenvalue weighted by atomic mass is 10.1. The summed E-state index contributed by atoms with van der Waals surface area (Å²) in [6.45, 7) is 1.91. The normalized spacial score (nSPS) is 20.0. The van der Waals surface area contributed by atoms with Crippen molar-refractivity contribution in [3.8, 4) is 5.75 Å². The summed E-state index contributed by atoms with van der Waals surface area (Å²) in [5.74, 6) is 1.21. The maximum absolute atomic E-state index is 11.9. The fraction of sp³-hybridized carbons (Fsp3) is 0.263. The van der Waals surface area contributed by atoms with E-state index in [1.807, 2.05) is 25.1 Å². The lowest BCUT2D eigenvalue weighted by molar-refractivity contribution is 0.0514. The molecule has 0 aliphatic heterocycles. The van der Waals surface area contributed by atoms with Gasteiger partial charge in [-0.25, -0.2) is 4.79 Å². The lowest BCUT2D eigenvalue weighted by Crippen LogP contribution is -2.04. The Bertz CT molecular complexity index is 707. The first-order valence-corrected chi connectivity index (χ1v) is 7.64. The van der Waals surface area contributed by atoms with Crippen LogP contribution in [0.2, 0.25) is 0 Å². The lowest BCUT2D eigenvalue weighted by Gasteiger charge is -2.03. The van der Waals surface area contributed by atoms with Crippen molar-refractivity contribution in [1.82, 2.24) is 0 Å². The quantitative estimate of drug-likeness (QED) is 0.476. The molecule has 1 saturated carbocycles. The largest absolute Gasteiger partial charge is 0.497 e. The molecule has 2 aromatic carbocycles. The number of oxime groups is 1. The molecular weight excluding hydrogens is 290 g/mol. The number of carbonyl (C=O) groups is 1. The second-order valence-electron chi connectivity index (χ2n) is 5.70. The van der Waals surface area contributed by atoms with E-state index in [1.54, 1.807) is 31.4 Å². The molecule has 1 aliphatic rings. The molecule has 0 aromatic heterocycles. The number of ether oxygens (including phenoxy) is 1. The van der Waals surface area contributed by atoms with Gasteiger partial charge in [-0.3, -0.25) is 0 Å². The van der Waals surface area contributed by atoms with E-state index in [1.165, 1.54) is 5.56 Å². The van der Waals surface area contributed by atoms with Crippen molar-refractivity contribution in [1.29, 1.82) is 0 Å². The molecule has 1 aliphatic carbocycles. The summed E-state index contributed by atoms with van der Waals surface area (Å²) >= 11 is 0. The number of hydrogen-bond acceptors (Lipinski definition) is 4. The molecule has 0 radical (unpaired) electrons. The van der Waals surface area contributed by atoms with Crippen LogP contribution in [-0.4, -0.2) is 18.8 Å². The number of nitrogens with zero attached hydrogens (tertiary/aromatic N) is 1. The maximum Gasteiger partial charge on any atom is 0.365 e. The van der Waals surface area contributed by atoms with E-state index in [4.69, 9.17) is 9.57 Å². The van der Waals surface area contributed by atoms with Gasteiger partial charge >= 0.3 is 5.97 Å². The smallest absolute Gasteiger partial charge is 0.365 e. The molecule has 3 rings (SSSR count). The van der Waals surface area contributed by atoms with Crippen molar-refractivity contribution in [3.05, 3.63) is 65.7 Å². The monoisotopic (exact) mass is 309 g/mol. The number of carbonyl (C=O) groups excluding carboxylic acids is 1. The first-order chi connectivity index (χ1) is 11.2. The van der Waals surface area contributed by atoms with Gasteiger partial charge < -0.3 is 9.57 Å². The predicted octanol–water partition coefficient (Wildman–Crippen LogP) is 4.03. The molecule has 0 spiro atoms. The molecule has 1 fully saturated rings. The molecule has 0 bridgehead atoms. The molecular formula is C19H19NO3. The van der Waals surface area contributed by atoms with Gasteiger partial charge in [0.1, 0.15) is 5.75 Å². The minimum absolute atomic E-state index is 0.340. The minimum Gasteiger partial charge on any atom is -0.497 e. The van der Waals surface area contributed by atoms with Crippen LogP contribution in [0, 0.1) is 5.92 Å². The molecule has 4 nitrogen and oxygen atoms in total. The Balaban J connectivity index is 1.59. The molecule has 0 heterocycles. The van der Waals surface area contributed by atoms with Crippen LogP contribution in [0.25, 0.3) is 0 Å². The van der Waals surface area contributed by atoms with E-state index in [0.717, 1.165) is 17.9 Å². The van der Waals surface area contributed by atoms with Crippen molar-refractivity contribution >= 4 is 11.7 Å². The zero-order chi connectivity index (χ0) is 16.2. The third-order valence-electron chi connectivity index (χ3n) is 4.15. The standard InChI is InChI=1S/C19H19NO3/c1-13(20-23-19(21)15-6-4-3-5-7-15)17-12-18(17)14-8-10-16(22-2)11-9-14/h3-11,17-18H,12H2,1-2H3/b20-13-/t17-,18-/m0/s1. The van der Waals surface area contributed by atoms with Gasteiger partial charge in [0, 0.05) is 5.92 Å². The van der Waals surface area contributed by atoms with Crippen LogP contribution in [0.5, 0.6) is 5.75 Å². The maximum atomic E-state index is 11.9. The third-order valence-corrected chi connectivity index (χ3v) is 4.15. The molecule has 0 N–H and O–H groups in total. The number of rotatable bonds is 5. The van der Waals surface area contributed by atoms with Gasteiger partial charge in [-0.1, -0.05) is 35.5 Å². The molecule has 0 saturated heterocycles. The van der Waals surface area contributed by atoms with Gasteiger partial charge in [0.05, 0.1) is 18.4 Å². The summed E-state index contributed by atoms with van der Waals surface area (Å²) in [6, 6.07) is 17.0. The van der Waals surface area contributed by atoms with Gasteiger partial charge in [-0.05, 0) is 49.1 Å². The van der Waals surface area contributed by atoms with Gasteiger partial charge in [0.15, 0.2) is 0 Å². The molecule has 2 aromatic rings. The van der Waals surface area contributed by atoms with Gasteiger partial charge in [-0.2, -0.15) is 0 Å². The van der Waals surface area contributed by atoms with Crippen molar-refractivity contribution in [2.24, 2.45) is 11.1 Å². The summed E-state index contributed by atoms with van der Waals surface area (Å²) in [7, 11) is 1.66. The second-order valence-corrected chi connectivity index (χ2v) is 5.70. The summed E-state index contributed by atoms with van der Waals surface area (Å²) in [4.78, 5) is 16.9. The van der Waals surface area contributed by atoms with E-state index in [0.29, 0.717) is 17.4 Å². The highest BCUT2D eigenvalue weighted by Crippen LogP contribution is 2.48. The summed E-state index contributed by atoms with van der Waals surface area (Å²) in [5.41, 5.74) is 2.63. The average Bonchev–Trinajstić information content (AvgIpc) is 3.41. The Morgan fingerprint density at radius 1 is 1.09 bits per heavy atom. The predicted molar refractivity (Wildman–Crippen MR) is 88.8 cm³/mol. The third kappa shape index (κ3) is 3.59. The summed E-state index contributed by atoms with van der Waals surface area (Å²) in [6.07, 6.45) is 1.03. The van der Waals surface area contributed by atoms with Crippen LogP contribution < -0.4 is 4.74 Å². The van der Waals surface area contributed by atoms with Crippen LogP contribution in [0.4, 0.5) is 0 Å². The van der Waals surface area contributed by atoms with Crippen molar-refractivity contribution in [2.45, 2.75) is 19.3 Å². The van der Waals surface area contributed by atoms with E-state index in [9.17, 15) is 4.79 Å². The Morgan fingerprint density at radius 3 is 2.43 bits per heavy atom. The highest BCUT2D eigenvalue weighted by molar-refractivity contribution is 5.91. The topological polar surface area (TPSA) is 47.9 Å². The van der Waals surface area contributed by atoms with E-state index >= 15 is 0 Å². The number of benzene rings is 2. The van der Waals surface area contributed by atoms with Gasteiger partial charge in [0.2, 0.25) is 0 Å². The van der Waals surface area contributed by atoms with E-state index in [-0.39, 0.29) is 0 Å². The first kappa shape index (κ1) is 15.3. The highest BCUT2D eigenvalue weighted by atomic mass is 16.7. The Morgan fingerprint density at radius 2 is 1.78 bits per heavy atom. The molecule has 2 atom stereocenters. The molecule has 23 heavy (non-hydrogen) atoms. The summed E-state index contributed by atoms with van der Waals surface area (Å²) < 4.78 is 5.17. The zero-order valence-electron chi connectivity index (χ0n) is 13.2. The van der Waals surface area contributed by atoms with Crippen LogP contribution >= 0.6 is 0 Å². The average molecular weight is 309 g/mol. The Labute approximate surface area is 135 Å². The van der Waals surface area contributed by atoms with Crippen molar-refractivity contribution in [2.75, 3.05) is 7.11 Å². The van der Waals surface area contributed by atoms with Crippen LogP contribution in [0.1, 0.15) is 35.2 Å². The SMILES string of the molecule is COc1ccc([C@@H]2C[C@H]2/C(C)=N\OC(=O)c2ccccc2)cc1. The van der Waals surface area contributed by atoms with E-state index < -0.39 is 5.97 Å². The minimum atomic E-state index is -0.424. The van der Waals surface area contributed by atoms with Crippen molar-refractivity contribution < 1.29 is 14.4 Å². The second kappa shape index (κ2) is 6.65. The van der Waals surface area contributed by atoms with Crippen LogP contribution in [-0.2, 0) is 4.84 Å². The Kier molecular flexibility index (Phi) is 4.42. The summed E-state index contributed by atoms with van der Waals surface area (Å²) in [5, 5.41) is 4.01. The van der Waals surface area contributed by atoms with Crippen LogP contribution in [0.15, 0.2) is 59.8 Å². The molecule has 118 valence electrons. The number of methoxy groups -OCH3 is 1. The zero-order valence-corrected chi connectivity index (χ0v) is 13.2. The highest BCUT2D eigenvalue weighted by Gasteiger charge is 2.40. The number of hydrogen-bond donors (Lipinski definition) is 0. The van der Waals surface area contributed by atoms with Gasteiger partial charge in [-0.15, -0.1) is 0 Å². The van der Waals surface area contributed by atoms with Crippen LogP contribution in [0.3, 0.4) is 0 Å². The fourth-order valence-corrected chi connectivity index (χ4v) is 2.68. The molecule has 4 heteroatoms. The van der Waals surface area contributed by atoms with E-state index in [2.05, 4.69) is 17.3 Å². The Hall–Kier alpha value is -2.62. The van der Waals surface area contributed by atoms with Gasteiger partial charge in [0.25, 0.3) is 0 Å². The fourth-order valence-electron chi connectivity index (χ4n) is 2.68. The molecule has 0 amide bonds. The molecule has 0 unspecified atom stereocenters. The first-order valence-electron chi connectivity index (χ1n) is 7.64.